The average Bonchev–Trinajstić information content (AvgIpc) is 3.02. The molecule has 1 aliphatic rings. The molecule has 4 nitrogen and oxygen atoms in total. The van der Waals surface area contributed by atoms with Crippen LogP contribution in [0, 0.1) is 0 Å². The van der Waals surface area contributed by atoms with Gasteiger partial charge < -0.3 is 5.32 Å². The summed E-state index contributed by atoms with van der Waals surface area (Å²) in [5.74, 6) is 0. The average molecular weight is 270 g/mol. The Bertz CT molecular complexity index is 437. The lowest BCUT2D eigenvalue weighted by atomic mass is 10.4. The highest BCUT2D eigenvalue weighted by atomic mass is 79.9. The summed E-state index contributed by atoms with van der Waals surface area (Å²) in [4.78, 5) is 11.7. The van der Waals surface area contributed by atoms with Crippen LogP contribution in [0.15, 0.2) is 28.1 Å². The Morgan fingerprint density at radius 3 is 3.07 bits per heavy atom. The molecular formula is C10H12BrN3O. The van der Waals surface area contributed by atoms with Gasteiger partial charge in [0.15, 0.2) is 0 Å². The van der Waals surface area contributed by atoms with Crippen molar-refractivity contribution in [1.29, 1.82) is 0 Å². The number of halogens is 1. The molecule has 80 valence electrons. The Hall–Kier alpha value is -1.10. The van der Waals surface area contributed by atoms with E-state index in [-0.39, 0.29) is 5.56 Å². The number of allylic oxidation sites excluding steroid dienone is 1. The van der Waals surface area contributed by atoms with Crippen LogP contribution in [-0.2, 0) is 6.54 Å². The molecule has 5 heteroatoms. The van der Waals surface area contributed by atoms with Crippen LogP contribution < -0.4 is 10.9 Å². The summed E-state index contributed by atoms with van der Waals surface area (Å²) in [5, 5.41) is 7.30. The van der Waals surface area contributed by atoms with E-state index in [0.717, 1.165) is 5.69 Å². The number of hydrogen-bond acceptors (Lipinski definition) is 3. The van der Waals surface area contributed by atoms with Gasteiger partial charge in [0, 0.05) is 6.04 Å². The van der Waals surface area contributed by atoms with E-state index in [1.165, 1.54) is 17.5 Å². The van der Waals surface area contributed by atoms with Crippen molar-refractivity contribution in [3.05, 3.63) is 33.7 Å². The van der Waals surface area contributed by atoms with E-state index < -0.39 is 0 Å². The molecule has 1 fully saturated rings. The topological polar surface area (TPSA) is 46.9 Å². The molecular weight excluding hydrogens is 258 g/mol. The fourth-order valence-electron chi connectivity index (χ4n) is 1.27. The molecule has 0 atom stereocenters. The van der Waals surface area contributed by atoms with Gasteiger partial charge >= 0.3 is 0 Å². The van der Waals surface area contributed by atoms with Gasteiger partial charge in [-0.15, -0.1) is 6.58 Å². The summed E-state index contributed by atoms with van der Waals surface area (Å²) in [6.07, 6.45) is 5.66. The van der Waals surface area contributed by atoms with E-state index in [1.54, 1.807) is 12.3 Å². The van der Waals surface area contributed by atoms with Gasteiger partial charge in [0.1, 0.15) is 4.47 Å². The number of aromatic nitrogens is 2. The molecule has 1 aliphatic carbocycles. The number of nitrogens with zero attached hydrogens (tertiary/aromatic N) is 2. The molecule has 1 aromatic heterocycles. The van der Waals surface area contributed by atoms with Gasteiger partial charge in [-0.3, -0.25) is 4.79 Å². The first-order valence-electron chi connectivity index (χ1n) is 4.85. The normalized spacial score (nSPS) is 15.0. The van der Waals surface area contributed by atoms with Crippen LogP contribution in [0.2, 0.25) is 0 Å². The lowest BCUT2D eigenvalue weighted by Gasteiger charge is -2.08. The van der Waals surface area contributed by atoms with Gasteiger partial charge in [0.2, 0.25) is 0 Å². The van der Waals surface area contributed by atoms with E-state index >= 15 is 0 Å². The van der Waals surface area contributed by atoms with Gasteiger partial charge in [-0.2, -0.15) is 5.10 Å². The fraction of sp³-hybridized carbons (Fsp3) is 0.400. The molecule has 15 heavy (non-hydrogen) atoms. The van der Waals surface area contributed by atoms with Crippen molar-refractivity contribution in [2.75, 3.05) is 5.32 Å². The van der Waals surface area contributed by atoms with Crippen LogP contribution >= 0.6 is 15.9 Å². The zero-order valence-corrected chi connectivity index (χ0v) is 9.83. The lowest BCUT2D eigenvalue weighted by molar-refractivity contribution is 0.649. The van der Waals surface area contributed by atoms with Gasteiger partial charge in [0.05, 0.1) is 18.4 Å². The molecule has 0 aliphatic heterocycles. The third kappa shape index (κ3) is 2.28. The minimum Gasteiger partial charge on any atom is -0.380 e. The standard InChI is InChI=1S/C10H12BrN3O/c1-2-5-14-10(15)9(11)8(6-12-14)13-7-3-4-7/h2,6-7,13H,1,3-5H2. The van der Waals surface area contributed by atoms with Crippen LogP contribution in [0.25, 0.3) is 0 Å². The van der Waals surface area contributed by atoms with E-state index in [4.69, 9.17) is 0 Å². The maximum absolute atomic E-state index is 11.7. The molecule has 0 aromatic carbocycles. The van der Waals surface area contributed by atoms with Crippen LogP contribution in [0.3, 0.4) is 0 Å². The Morgan fingerprint density at radius 2 is 2.47 bits per heavy atom. The summed E-state index contributed by atoms with van der Waals surface area (Å²) in [6.45, 7) is 4.01. The molecule has 1 aromatic rings. The first-order valence-corrected chi connectivity index (χ1v) is 5.64. The second-order valence-electron chi connectivity index (χ2n) is 3.57. The molecule has 0 radical (unpaired) electrons. The summed E-state index contributed by atoms with van der Waals surface area (Å²) in [5.41, 5.74) is 0.656. The number of nitrogens with one attached hydrogen (secondary N) is 1. The monoisotopic (exact) mass is 269 g/mol. The quantitative estimate of drug-likeness (QED) is 0.848. The van der Waals surface area contributed by atoms with Gasteiger partial charge in [-0.05, 0) is 28.8 Å². The lowest BCUT2D eigenvalue weighted by Crippen LogP contribution is -2.24. The molecule has 0 spiro atoms. The number of anilines is 1. The van der Waals surface area contributed by atoms with Crippen molar-refractivity contribution in [1.82, 2.24) is 9.78 Å². The predicted molar refractivity (Wildman–Crippen MR) is 63.0 cm³/mol. The third-order valence-electron chi connectivity index (χ3n) is 2.22. The van der Waals surface area contributed by atoms with Gasteiger partial charge in [-0.1, -0.05) is 6.08 Å². The highest BCUT2D eigenvalue weighted by Gasteiger charge is 2.22. The van der Waals surface area contributed by atoms with E-state index in [2.05, 4.69) is 32.9 Å². The highest BCUT2D eigenvalue weighted by molar-refractivity contribution is 9.10. The van der Waals surface area contributed by atoms with Crippen LogP contribution in [-0.4, -0.2) is 15.8 Å². The predicted octanol–water partition coefficient (Wildman–Crippen LogP) is 1.77. The van der Waals surface area contributed by atoms with E-state index in [1.807, 2.05) is 0 Å². The first kappa shape index (κ1) is 10.4. The summed E-state index contributed by atoms with van der Waals surface area (Å²) >= 11 is 3.29. The second kappa shape index (κ2) is 4.18. The van der Waals surface area contributed by atoms with Crippen molar-refractivity contribution < 1.29 is 0 Å². The number of hydrogen-bond donors (Lipinski definition) is 1. The summed E-state index contributed by atoms with van der Waals surface area (Å²) in [7, 11) is 0. The first-order chi connectivity index (χ1) is 7.22. The SMILES string of the molecule is C=CCn1ncc(NC2CC2)c(Br)c1=O. The smallest absolute Gasteiger partial charge is 0.283 e. The minimum atomic E-state index is -0.124. The Labute approximate surface area is 96.1 Å². The fourth-order valence-corrected chi connectivity index (χ4v) is 1.69. The second-order valence-corrected chi connectivity index (χ2v) is 4.36. The Kier molecular flexibility index (Phi) is 2.90. The Balaban J connectivity index is 2.29. The van der Waals surface area contributed by atoms with Crippen molar-refractivity contribution >= 4 is 21.6 Å². The molecule has 2 rings (SSSR count). The molecule has 0 saturated heterocycles. The summed E-state index contributed by atoms with van der Waals surface area (Å²) < 4.78 is 1.92. The maximum Gasteiger partial charge on any atom is 0.283 e. The highest BCUT2D eigenvalue weighted by Crippen LogP contribution is 2.26. The number of rotatable bonds is 4. The molecule has 0 amide bonds. The maximum atomic E-state index is 11.7. The van der Waals surface area contributed by atoms with Gasteiger partial charge in [0.25, 0.3) is 5.56 Å². The summed E-state index contributed by atoms with van der Waals surface area (Å²) in [6, 6.07) is 0.512. The van der Waals surface area contributed by atoms with Crippen molar-refractivity contribution in [2.24, 2.45) is 0 Å². The molecule has 1 saturated carbocycles. The van der Waals surface area contributed by atoms with Crippen molar-refractivity contribution in [2.45, 2.75) is 25.4 Å². The van der Waals surface area contributed by atoms with E-state index in [0.29, 0.717) is 17.1 Å². The van der Waals surface area contributed by atoms with Crippen LogP contribution in [0.5, 0.6) is 0 Å². The minimum absolute atomic E-state index is 0.124. The molecule has 1 heterocycles. The molecule has 0 unspecified atom stereocenters. The third-order valence-corrected chi connectivity index (χ3v) is 2.99. The van der Waals surface area contributed by atoms with E-state index in [9.17, 15) is 4.79 Å². The Morgan fingerprint density at radius 1 is 1.73 bits per heavy atom. The zero-order valence-electron chi connectivity index (χ0n) is 8.24. The largest absolute Gasteiger partial charge is 0.380 e. The zero-order chi connectivity index (χ0) is 10.8. The molecule has 0 bridgehead atoms. The van der Waals surface area contributed by atoms with Crippen LogP contribution in [0.1, 0.15) is 12.8 Å². The van der Waals surface area contributed by atoms with Gasteiger partial charge in [-0.25, -0.2) is 4.68 Å². The molecule has 1 N–H and O–H groups in total. The van der Waals surface area contributed by atoms with Crippen molar-refractivity contribution in [3.8, 4) is 0 Å². The van der Waals surface area contributed by atoms with Crippen molar-refractivity contribution in [3.63, 3.8) is 0 Å². The van der Waals surface area contributed by atoms with Crippen LogP contribution in [0.4, 0.5) is 5.69 Å².